The number of hydrogen-bond acceptors (Lipinski definition) is 6. The summed E-state index contributed by atoms with van der Waals surface area (Å²) in [4.78, 5) is 0. The number of ether oxygens (including phenoxy) is 1. The molecular formula is C13H17FN4O2. The normalized spacial score (nSPS) is 10.8. The van der Waals surface area contributed by atoms with Crippen LogP contribution >= 0.6 is 0 Å². The summed E-state index contributed by atoms with van der Waals surface area (Å²) in [5.41, 5.74) is 1.11. The first kappa shape index (κ1) is 14.4. The Balaban J connectivity index is 1.94. The van der Waals surface area contributed by atoms with Gasteiger partial charge in [-0.3, -0.25) is 0 Å². The third kappa shape index (κ3) is 3.75. The van der Waals surface area contributed by atoms with E-state index in [4.69, 9.17) is 9.15 Å². The first-order valence-corrected chi connectivity index (χ1v) is 6.25. The van der Waals surface area contributed by atoms with E-state index in [9.17, 15) is 4.39 Å². The molecule has 0 radical (unpaired) electrons. The summed E-state index contributed by atoms with van der Waals surface area (Å²) < 4.78 is 23.7. The maximum atomic E-state index is 13.4. The molecule has 0 aliphatic rings. The molecule has 1 aromatic heterocycles. The Kier molecular flexibility index (Phi) is 5.03. The van der Waals surface area contributed by atoms with Gasteiger partial charge in [0.15, 0.2) is 0 Å². The molecular weight excluding hydrogens is 263 g/mol. The van der Waals surface area contributed by atoms with Gasteiger partial charge < -0.3 is 19.8 Å². The average Bonchev–Trinajstić information content (AvgIpc) is 2.88. The third-order valence-electron chi connectivity index (χ3n) is 2.74. The first-order valence-electron chi connectivity index (χ1n) is 6.25. The van der Waals surface area contributed by atoms with Gasteiger partial charge in [0.2, 0.25) is 5.89 Å². The fourth-order valence-electron chi connectivity index (χ4n) is 1.60. The largest absolute Gasteiger partial charge is 0.406 e. The Morgan fingerprint density at radius 1 is 1.35 bits per heavy atom. The Morgan fingerprint density at radius 2 is 2.20 bits per heavy atom. The highest BCUT2D eigenvalue weighted by atomic mass is 19.1. The monoisotopic (exact) mass is 280 g/mol. The summed E-state index contributed by atoms with van der Waals surface area (Å²) in [5.74, 6) is 0.175. The second-order valence-corrected chi connectivity index (χ2v) is 4.21. The van der Waals surface area contributed by atoms with Gasteiger partial charge in [0, 0.05) is 24.9 Å². The third-order valence-corrected chi connectivity index (χ3v) is 2.74. The van der Waals surface area contributed by atoms with Gasteiger partial charge in [0.1, 0.15) is 5.82 Å². The summed E-state index contributed by atoms with van der Waals surface area (Å²) in [7, 11) is 1.64. The zero-order valence-corrected chi connectivity index (χ0v) is 11.4. The average molecular weight is 280 g/mol. The van der Waals surface area contributed by atoms with Crippen LogP contribution in [0.4, 0.5) is 16.1 Å². The molecule has 1 aromatic carbocycles. The van der Waals surface area contributed by atoms with Crippen LogP contribution < -0.4 is 10.6 Å². The second kappa shape index (κ2) is 6.97. The van der Waals surface area contributed by atoms with Crippen molar-refractivity contribution in [2.24, 2.45) is 0 Å². The highest BCUT2D eigenvalue weighted by molar-refractivity contribution is 5.57. The molecule has 0 unspecified atom stereocenters. The number of nitrogens with one attached hydrogen (secondary N) is 2. The lowest BCUT2D eigenvalue weighted by molar-refractivity contribution is 0.198. The van der Waals surface area contributed by atoms with E-state index in [0.29, 0.717) is 36.8 Å². The zero-order valence-electron chi connectivity index (χ0n) is 11.4. The molecule has 0 atom stereocenters. The predicted octanol–water partition coefficient (Wildman–Crippen LogP) is 2.00. The zero-order chi connectivity index (χ0) is 14.4. The number of aromatic nitrogens is 2. The molecule has 0 amide bonds. The lowest BCUT2D eigenvalue weighted by Crippen LogP contribution is -2.18. The van der Waals surface area contributed by atoms with Crippen molar-refractivity contribution in [2.75, 3.05) is 25.6 Å². The van der Waals surface area contributed by atoms with Gasteiger partial charge in [-0.2, -0.15) is 0 Å². The van der Waals surface area contributed by atoms with Gasteiger partial charge in [-0.05, 0) is 19.1 Å². The Hall–Kier alpha value is -1.99. The molecule has 0 saturated heterocycles. The number of benzene rings is 1. The van der Waals surface area contributed by atoms with Crippen molar-refractivity contribution >= 4 is 11.7 Å². The smallest absolute Gasteiger partial charge is 0.320 e. The number of halogens is 1. The number of rotatable bonds is 7. The highest BCUT2D eigenvalue weighted by Crippen LogP contribution is 2.21. The number of nitrogens with zero attached hydrogens (tertiary/aromatic N) is 2. The molecule has 2 rings (SSSR count). The Morgan fingerprint density at radius 3 is 3.00 bits per heavy atom. The van der Waals surface area contributed by atoms with Crippen molar-refractivity contribution < 1.29 is 13.5 Å². The van der Waals surface area contributed by atoms with Crippen LogP contribution in [-0.4, -0.2) is 30.5 Å². The molecule has 0 aliphatic heterocycles. The van der Waals surface area contributed by atoms with E-state index in [1.807, 2.05) is 0 Å². The first-order chi connectivity index (χ1) is 9.70. The molecule has 108 valence electrons. The van der Waals surface area contributed by atoms with Gasteiger partial charge in [-0.1, -0.05) is 11.2 Å². The van der Waals surface area contributed by atoms with Crippen molar-refractivity contribution in [3.63, 3.8) is 0 Å². The van der Waals surface area contributed by atoms with Crippen LogP contribution in [0.5, 0.6) is 0 Å². The summed E-state index contributed by atoms with van der Waals surface area (Å²) in [6.07, 6.45) is 0. The molecule has 0 fully saturated rings. The van der Waals surface area contributed by atoms with Crippen LogP contribution in [0, 0.1) is 12.7 Å². The molecule has 7 heteroatoms. The van der Waals surface area contributed by atoms with Gasteiger partial charge in [0.05, 0.1) is 13.2 Å². The molecule has 1 heterocycles. The topological polar surface area (TPSA) is 72.2 Å². The number of hydrogen-bond donors (Lipinski definition) is 2. The fraction of sp³-hybridized carbons (Fsp3) is 0.385. The van der Waals surface area contributed by atoms with Crippen LogP contribution in [0.15, 0.2) is 22.6 Å². The van der Waals surface area contributed by atoms with Crippen LogP contribution in [0.3, 0.4) is 0 Å². The molecule has 0 saturated carbocycles. The molecule has 0 bridgehead atoms. The van der Waals surface area contributed by atoms with E-state index in [2.05, 4.69) is 20.8 Å². The molecule has 6 nitrogen and oxygen atoms in total. The quantitative estimate of drug-likeness (QED) is 0.756. The summed E-state index contributed by atoms with van der Waals surface area (Å²) >= 11 is 0. The van der Waals surface area contributed by atoms with Gasteiger partial charge in [0.25, 0.3) is 0 Å². The fourth-order valence-corrected chi connectivity index (χ4v) is 1.60. The van der Waals surface area contributed by atoms with Crippen molar-refractivity contribution in [3.8, 4) is 0 Å². The molecule has 0 aliphatic carbocycles. The van der Waals surface area contributed by atoms with E-state index in [0.717, 1.165) is 0 Å². The Labute approximate surface area is 116 Å². The van der Waals surface area contributed by atoms with Crippen molar-refractivity contribution in [3.05, 3.63) is 35.5 Å². The van der Waals surface area contributed by atoms with Crippen molar-refractivity contribution in [1.29, 1.82) is 0 Å². The van der Waals surface area contributed by atoms with Crippen molar-refractivity contribution in [1.82, 2.24) is 15.5 Å². The summed E-state index contributed by atoms with van der Waals surface area (Å²) in [6, 6.07) is 5.01. The molecule has 0 spiro atoms. The summed E-state index contributed by atoms with van der Waals surface area (Å²) in [6.45, 7) is 3.45. The van der Waals surface area contributed by atoms with Crippen LogP contribution in [0.1, 0.15) is 11.5 Å². The highest BCUT2D eigenvalue weighted by Gasteiger charge is 2.08. The lowest BCUT2D eigenvalue weighted by Gasteiger charge is -2.05. The van der Waals surface area contributed by atoms with Gasteiger partial charge in [-0.15, -0.1) is 5.10 Å². The van der Waals surface area contributed by atoms with Gasteiger partial charge >= 0.3 is 6.01 Å². The van der Waals surface area contributed by atoms with E-state index >= 15 is 0 Å². The minimum absolute atomic E-state index is 0.238. The van der Waals surface area contributed by atoms with E-state index in [1.165, 1.54) is 6.07 Å². The predicted molar refractivity (Wildman–Crippen MR) is 72.3 cm³/mol. The maximum Gasteiger partial charge on any atom is 0.320 e. The van der Waals surface area contributed by atoms with Crippen LogP contribution in [0.25, 0.3) is 0 Å². The minimum Gasteiger partial charge on any atom is -0.406 e. The maximum absolute atomic E-state index is 13.4. The standard InChI is InChI=1S/C13H17FN4O2/c1-9-10(14)4-3-5-11(9)16-13-18-17-12(20-13)8-15-6-7-19-2/h3-5,15H,6-8H2,1-2H3,(H,16,18). The SMILES string of the molecule is COCCNCc1nnc(Nc2cccc(F)c2C)o1. The van der Waals surface area contributed by atoms with E-state index in [-0.39, 0.29) is 11.8 Å². The van der Waals surface area contributed by atoms with E-state index < -0.39 is 0 Å². The second-order valence-electron chi connectivity index (χ2n) is 4.21. The van der Waals surface area contributed by atoms with Crippen LogP contribution in [-0.2, 0) is 11.3 Å². The van der Waals surface area contributed by atoms with Crippen LogP contribution in [0.2, 0.25) is 0 Å². The lowest BCUT2D eigenvalue weighted by atomic mass is 10.2. The number of anilines is 2. The molecule has 2 aromatic rings. The summed E-state index contributed by atoms with van der Waals surface area (Å²) in [5, 5.41) is 13.7. The molecule has 20 heavy (non-hydrogen) atoms. The molecule has 2 N–H and O–H groups in total. The van der Waals surface area contributed by atoms with E-state index in [1.54, 1.807) is 26.2 Å². The Bertz CT molecular complexity index is 559. The number of methoxy groups -OCH3 is 1. The van der Waals surface area contributed by atoms with Crippen molar-refractivity contribution in [2.45, 2.75) is 13.5 Å². The van der Waals surface area contributed by atoms with Gasteiger partial charge in [-0.25, -0.2) is 4.39 Å². The minimum atomic E-state index is -0.282.